The van der Waals surface area contributed by atoms with Gasteiger partial charge in [0, 0.05) is 21.8 Å². The summed E-state index contributed by atoms with van der Waals surface area (Å²) >= 11 is 13.0. The number of nitrogens with zero attached hydrogens (tertiary/aromatic N) is 5. The van der Waals surface area contributed by atoms with Crippen LogP contribution >= 0.6 is 34.5 Å². The second kappa shape index (κ2) is 10.3. The number of nitrogens with one attached hydrogen (secondary N) is 2. The smallest absolute Gasteiger partial charge is 0.325 e. The van der Waals surface area contributed by atoms with E-state index in [1.54, 1.807) is 60.9 Å². The summed E-state index contributed by atoms with van der Waals surface area (Å²) in [6, 6.07) is 15.7. The third kappa shape index (κ3) is 5.43. The first-order valence-corrected chi connectivity index (χ1v) is 12.2. The highest BCUT2D eigenvalue weighted by molar-refractivity contribution is 7.18. The van der Waals surface area contributed by atoms with Gasteiger partial charge in [0.1, 0.15) is 5.75 Å². The van der Waals surface area contributed by atoms with Crippen LogP contribution in [0.5, 0.6) is 5.75 Å². The molecule has 0 unspecified atom stereocenters. The molecular weight excluding hydrogens is 537 g/mol. The summed E-state index contributed by atoms with van der Waals surface area (Å²) in [5.74, 6) is -0.347. The summed E-state index contributed by atoms with van der Waals surface area (Å²) in [4.78, 5) is 26.7. The predicted molar refractivity (Wildman–Crippen MR) is 141 cm³/mol. The average molecular weight is 552 g/mol. The first kappa shape index (κ1) is 24.4. The van der Waals surface area contributed by atoms with Crippen LogP contribution in [0.25, 0.3) is 16.3 Å². The van der Waals surface area contributed by atoms with E-state index in [0.29, 0.717) is 32.4 Å². The number of rotatable bonds is 6. The molecule has 5 rings (SSSR count). The molecule has 2 aromatic heterocycles. The van der Waals surface area contributed by atoms with Crippen LogP contribution in [0, 0.1) is 0 Å². The number of phenols is 1. The summed E-state index contributed by atoms with van der Waals surface area (Å²) in [7, 11) is 0. The summed E-state index contributed by atoms with van der Waals surface area (Å²) in [6.45, 7) is 0. The van der Waals surface area contributed by atoms with Crippen LogP contribution < -0.4 is 10.6 Å². The van der Waals surface area contributed by atoms with E-state index in [1.165, 1.54) is 16.9 Å². The molecule has 2 heterocycles. The molecule has 0 bridgehead atoms. The molecule has 0 aliphatic heterocycles. The molecule has 0 fully saturated rings. The molecule has 0 aliphatic rings. The van der Waals surface area contributed by atoms with Gasteiger partial charge in [0.25, 0.3) is 0 Å². The fraction of sp³-hybridized carbons (Fsp3) is 0. The molecule has 184 valence electrons. The number of hydrogen-bond acceptors (Lipinski definition) is 8. The number of ketones is 1. The van der Waals surface area contributed by atoms with Crippen LogP contribution in [0.4, 0.5) is 15.6 Å². The van der Waals surface area contributed by atoms with E-state index >= 15 is 0 Å². The van der Waals surface area contributed by atoms with Crippen molar-refractivity contribution in [1.29, 1.82) is 0 Å². The number of anilines is 2. The molecule has 0 spiro atoms. The zero-order valence-corrected chi connectivity index (χ0v) is 20.9. The Bertz CT molecular complexity index is 1590. The quantitative estimate of drug-likeness (QED) is 0.231. The highest BCUT2D eigenvalue weighted by Crippen LogP contribution is 2.39. The Balaban J connectivity index is 1.21. The number of benzene rings is 3. The Labute approximate surface area is 223 Å². The third-order valence-electron chi connectivity index (χ3n) is 5.09. The van der Waals surface area contributed by atoms with Gasteiger partial charge in [-0.1, -0.05) is 34.5 Å². The second-order valence-electron chi connectivity index (χ2n) is 7.55. The van der Waals surface area contributed by atoms with E-state index < -0.39 is 6.03 Å². The standard InChI is InChI=1S/C24H15Cl2N7O3S/c25-15-11-18(21(35)19(26)12-15)22-31-32-24(37-22)30-23(36)29-16-5-1-13(2-6-16)20(34)14-3-7-17(8-4-14)33-27-9-10-28-33/h1-12,35H,(H2,29,30,32,36). The number of aromatic nitrogens is 5. The second-order valence-corrected chi connectivity index (χ2v) is 9.37. The van der Waals surface area contributed by atoms with Crippen molar-refractivity contribution >= 4 is 57.2 Å². The van der Waals surface area contributed by atoms with Crippen molar-refractivity contribution in [3.8, 4) is 22.0 Å². The molecule has 37 heavy (non-hydrogen) atoms. The lowest BCUT2D eigenvalue weighted by Crippen LogP contribution is -2.19. The lowest BCUT2D eigenvalue weighted by Gasteiger charge is -2.07. The summed E-state index contributed by atoms with van der Waals surface area (Å²) in [5.41, 5.74) is 2.48. The summed E-state index contributed by atoms with van der Waals surface area (Å²) in [5, 5.41) is 32.3. The molecule has 0 atom stereocenters. The van der Waals surface area contributed by atoms with Crippen molar-refractivity contribution < 1.29 is 14.7 Å². The molecule has 3 aromatic carbocycles. The fourth-order valence-corrected chi connectivity index (χ4v) is 4.59. The van der Waals surface area contributed by atoms with Crippen molar-refractivity contribution in [2.75, 3.05) is 10.6 Å². The Morgan fingerprint density at radius 1 is 0.865 bits per heavy atom. The van der Waals surface area contributed by atoms with Gasteiger partial charge in [-0.3, -0.25) is 10.1 Å². The maximum Gasteiger partial charge on any atom is 0.325 e. The van der Waals surface area contributed by atoms with E-state index in [1.807, 2.05) is 0 Å². The minimum absolute atomic E-state index is 0.0791. The number of aromatic hydroxyl groups is 1. The van der Waals surface area contributed by atoms with Crippen LogP contribution in [0.3, 0.4) is 0 Å². The van der Waals surface area contributed by atoms with Gasteiger partial charge in [0.05, 0.1) is 28.7 Å². The Kier molecular flexibility index (Phi) is 6.82. The summed E-state index contributed by atoms with van der Waals surface area (Å²) < 4.78 is 0. The van der Waals surface area contributed by atoms with Crippen molar-refractivity contribution in [2.45, 2.75) is 0 Å². The van der Waals surface area contributed by atoms with E-state index in [4.69, 9.17) is 23.2 Å². The highest BCUT2D eigenvalue weighted by atomic mass is 35.5. The van der Waals surface area contributed by atoms with Gasteiger partial charge in [-0.15, -0.1) is 10.2 Å². The summed E-state index contributed by atoms with van der Waals surface area (Å²) in [6.07, 6.45) is 3.15. The van der Waals surface area contributed by atoms with Crippen LogP contribution in [0.1, 0.15) is 15.9 Å². The Morgan fingerprint density at radius 2 is 1.51 bits per heavy atom. The molecule has 3 N–H and O–H groups in total. The number of carbonyl (C=O) groups is 2. The molecule has 0 aliphatic carbocycles. The SMILES string of the molecule is O=C(Nc1ccc(C(=O)c2ccc(-n3nccn3)cc2)cc1)Nc1nnc(-c2cc(Cl)cc(Cl)c2O)s1. The molecule has 5 aromatic rings. The molecule has 0 saturated heterocycles. The highest BCUT2D eigenvalue weighted by Gasteiger charge is 2.16. The van der Waals surface area contributed by atoms with Gasteiger partial charge < -0.3 is 10.4 Å². The van der Waals surface area contributed by atoms with Crippen molar-refractivity contribution in [3.63, 3.8) is 0 Å². The van der Waals surface area contributed by atoms with E-state index in [2.05, 4.69) is 31.0 Å². The maximum absolute atomic E-state index is 12.8. The third-order valence-corrected chi connectivity index (χ3v) is 6.47. The largest absolute Gasteiger partial charge is 0.506 e. The predicted octanol–water partition coefficient (Wildman–Crippen LogP) is 5.67. The lowest BCUT2D eigenvalue weighted by molar-refractivity contribution is 0.103. The van der Waals surface area contributed by atoms with Crippen LogP contribution in [0.2, 0.25) is 10.0 Å². The molecule has 0 saturated carbocycles. The van der Waals surface area contributed by atoms with Gasteiger partial charge in [-0.2, -0.15) is 15.0 Å². The fourth-order valence-electron chi connectivity index (χ4n) is 3.34. The van der Waals surface area contributed by atoms with Gasteiger partial charge in [-0.25, -0.2) is 4.79 Å². The van der Waals surface area contributed by atoms with Crippen LogP contribution in [0.15, 0.2) is 73.1 Å². The number of hydrogen-bond donors (Lipinski definition) is 3. The average Bonchev–Trinajstić information content (AvgIpc) is 3.59. The first-order chi connectivity index (χ1) is 17.9. The molecule has 2 amide bonds. The van der Waals surface area contributed by atoms with Crippen molar-refractivity contribution in [1.82, 2.24) is 25.2 Å². The molecular formula is C24H15Cl2N7O3S. The normalized spacial score (nSPS) is 10.8. The number of urea groups is 1. The number of phenolic OH excluding ortho intramolecular Hbond substituents is 1. The molecule has 13 heteroatoms. The number of amides is 2. The molecule has 10 nitrogen and oxygen atoms in total. The van der Waals surface area contributed by atoms with E-state index in [0.717, 1.165) is 17.0 Å². The lowest BCUT2D eigenvalue weighted by atomic mass is 10.0. The maximum atomic E-state index is 12.8. The zero-order chi connectivity index (χ0) is 25.9. The topological polar surface area (TPSA) is 135 Å². The Hall–Kier alpha value is -4.32. The number of carbonyl (C=O) groups excluding carboxylic acids is 2. The van der Waals surface area contributed by atoms with Crippen LogP contribution in [-0.4, -0.2) is 42.1 Å². The first-order valence-electron chi connectivity index (χ1n) is 10.6. The van der Waals surface area contributed by atoms with E-state index in [9.17, 15) is 14.7 Å². The van der Waals surface area contributed by atoms with Crippen LogP contribution in [-0.2, 0) is 0 Å². The van der Waals surface area contributed by atoms with Gasteiger partial charge >= 0.3 is 6.03 Å². The molecule has 0 radical (unpaired) electrons. The monoisotopic (exact) mass is 551 g/mol. The minimum atomic E-state index is -0.557. The number of halogens is 2. The zero-order valence-electron chi connectivity index (χ0n) is 18.6. The van der Waals surface area contributed by atoms with Gasteiger partial charge in [0.2, 0.25) is 5.13 Å². The van der Waals surface area contributed by atoms with Crippen molar-refractivity contribution in [3.05, 3.63) is 94.2 Å². The minimum Gasteiger partial charge on any atom is -0.506 e. The van der Waals surface area contributed by atoms with Gasteiger partial charge in [-0.05, 0) is 60.7 Å². The van der Waals surface area contributed by atoms with Gasteiger partial charge in [0.15, 0.2) is 10.8 Å². The Morgan fingerprint density at radius 3 is 2.19 bits per heavy atom. The van der Waals surface area contributed by atoms with Crippen molar-refractivity contribution in [2.24, 2.45) is 0 Å². The van der Waals surface area contributed by atoms with E-state index in [-0.39, 0.29) is 21.7 Å².